The van der Waals surface area contributed by atoms with Crippen LogP contribution in [0.15, 0.2) is 42.5 Å². The highest BCUT2D eigenvalue weighted by Gasteiger charge is 2.10. The first-order valence-corrected chi connectivity index (χ1v) is 6.24. The predicted molar refractivity (Wildman–Crippen MR) is 72.9 cm³/mol. The van der Waals surface area contributed by atoms with Gasteiger partial charge in [-0.1, -0.05) is 6.07 Å². The van der Waals surface area contributed by atoms with E-state index >= 15 is 0 Å². The maximum Gasteiger partial charge on any atom is 0.0991 e. The second kappa shape index (κ2) is 4.54. The van der Waals surface area contributed by atoms with Crippen molar-refractivity contribution in [2.75, 3.05) is 5.32 Å². The molecule has 0 saturated heterocycles. The highest BCUT2D eigenvalue weighted by molar-refractivity contribution is 5.62. The lowest BCUT2D eigenvalue weighted by Crippen LogP contribution is -1.92. The number of aryl methyl sites for hydroxylation is 2. The van der Waals surface area contributed by atoms with E-state index in [1.165, 1.54) is 30.4 Å². The summed E-state index contributed by atoms with van der Waals surface area (Å²) in [6.45, 7) is 0. The van der Waals surface area contributed by atoms with Crippen molar-refractivity contribution in [3.8, 4) is 6.07 Å². The van der Waals surface area contributed by atoms with Gasteiger partial charge < -0.3 is 5.32 Å². The van der Waals surface area contributed by atoms with E-state index in [1.54, 1.807) is 0 Å². The van der Waals surface area contributed by atoms with Crippen LogP contribution in [0.3, 0.4) is 0 Å². The Balaban J connectivity index is 1.81. The Hall–Kier alpha value is -2.27. The lowest BCUT2D eigenvalue weighted by atomic mass is 10.1. The predicted octanol–water partition coefficient (Wildman–Crippen LogP) is 3.79. The largest absolute Gasteiger partial charge is 0.356 e. The van der Waals surface area contributed by atoms with Crippen molar-refractivity contribution in [3.63, 3.8) is 0 Å². The molecule has 1 N–H and O–H groups in total. The highest BCUT2D eigenvalue weighted by Crippen LogP contribution is 2.26. The quantitative estimate of drug-likeness (QED) is 0.858. The number of hydrogen-bond acceptors (Lipinski definition) is 2. The van der Waals surface area contributed by atoms with E-state index in [0.29, 0.717) is 5.56 Å². The number of benzene rings is 2. The van der Waals surface area contributed by atoms with E-state index < -0.39 is 0 Å². The smallest absolute Gasteiger partial charge is 0.0991 e. The normalized spacial score (nSPS) is 12.8. The molecule has 2 heteroatoms. The van der Waals surface area contributed by atoms with Crippen LogP contribution in [0.4, 0.5) is 11.4 Å². The molecule has 0 aliphatic heterocycles. The Morgan fingerprint density at radius 3 is 2.39 bits per heavy atom. The maximum absolute atomic E-state index is 8.75. The lowest BCUT2D eigenvalue weighted by Gasteiger charge is -2.08. The summed E-state index contributed by atoms with van der Waals surface area (Å²) >= 11 is 0. The first-order chi connectivity index (χ1) is 8.85. The molecule has 2 nitrogen and oxygen atoms in total. The zero-order valence-electron chi connectivity index (χ0n) is 10.1. The van der Waals surface area contributed by atoms with Gasteiger partial charge in [0.15, 0.2) is 0 Å². The molecule has 0 atom stereocenters. The van der Waals surface area contributed by atoms with Crippen LogP contribution < -0.4 is 5.32 Å². The van der Waals surface area contributed by atoms with Crippen molar-refractivity contribution in [3.05, 3.63) is 59.2 Å². The third-order valence-electron chi connectivity index (χ3n) is 3.40. The van der Waals surface area contributed by atoms with Gasteiger partial charge in [-0.25, -0.2) is 0 Å². The number of nitriles is 1. The second-order valence-electron chi connectivity index (χ2n) is 4.65. The zero-order chi connectivity index (χ0) is 12.4. The van der Waals surface area contributed by atoms with Crippen LogP contribution in [0, 0.1) is 11.3 Å². The summed E-state index contributed by atoms with van der Waals surface area (Å²) < 4.78 is 0. The van der Waals surface area contributed by atoms with Gasteiger partial charge in [-0.15, -0.1) is 0 Å². The number of nitrogens with one attached hydrogen (secondary N) is 1. The summed E-state index contributed by atoms with van der Waals surface area (Å²) in [6, 6.07) is 16.2. The SMILES string of the molecule is N#Cc1ccc(Nc2ccc3c(c2)CCC3)cc1. The van der Waals surface area contributed by atoms with Gasteiger partial charge >= 0.3 is 0 Å². The van der Waals surface area contributed by atoms with Crippen LogP contribution in [0.2, 0.25) is 0 Å². The second-order valence-corrected chi connectivity index (χ2v) is 4.65. The summed E-state index contributed by atoms with van der Waals surface area (Å²) in [5.41, 5.74) is 5.79. The monoisotopic (exact) mass is 234 g/mol. The molecule has 0 saturated carbocycles. The third kappa shape index (κ3) is 2.08. The molecular formula is C16H14N2. The number of rotatable bonds is 2. The summed E-state index contributed by atoms with van der Waals surface area (Å²) in [4.78, 5) is 0. The summed E-state index contributed by atoms with van der Waals surface area (Å²) in [6.07, 6.45) is 3.68. The molecular weight excluding hydrogens is 220 g/mol. The fourth-order valence-electron chi connectivity index (χ4n) is 2.44. The molecule has 0 unspecified atom stereocenters. The maximum atomic E-state index is 8.75. The van der Waals surface area contributed by atoms with E-state index in [-0.39, 0.29) is 0 Å². The number of nitrogens with zero attached hydrogens (tertiary/aromatic N) is 1. The summed E-state index contributed by atoms with van der Waals surface area (Å²) in [7, 11) is 0. The minimum atomic E-state index is 0.689. The van der Waals surface area contributed by atoms with E-state index in [9.17, 15) is 0 Å². The zero-order valence-corrected chi connectivity index (χ0v) is 10.1. The van der Waals surface area contributed by atoms with Crippen molar-refractivity contribution >= 4 is 11.4 Å². The van der Waals surface area contributed by atoms with Gasteiger partial charge in [0, 0.05) is 11.4 Å². The topological polar surface area (TPSA) is 35.8 Å². The highest BCUT2D eigenvalue weighted by atomic mass is 14.9. The van der Waals surface area contributed by atoms with E-state index in [1.807, 2.05) is 24.3 Å². The van der Waals surface area contributed by atoms with E-state index in [0.717, 1.165) is 11.4 Å². The average molecular weight is 234 g/mol. The molecule has 0 bridgehead atoms. The van der Waals surface area contributed by atoms with Crippen LogP contribution >= 0.6 is 0 Å². The molecule has 0 fully saturated rings. The van der Waals surface area contributed by atoms with Crippen molar-refractivity contribution in [1.29, 1.82) is 5.26 Å². The Morgan fingerprint density at radius 2 is 1.61 bits per heavy atom. The number of fused-ring (bicyclic) bond motifs is 1. The molecule has 0 amide bonds. The van der Waals surface area contributed by atoms with Gasteiger partial charge in [0.1, 0.15) is 0 Å². The Kier molecular flexibility index (Phi) is 2.74. The molecule has 3 rings (SSSR count). The van der Waals surface area contributed by atoms with Gasteiger partial charge in [0.2, 0.25) is 0 Å². The number of hydrogen-bond donors (Lipinski definition) is 1. The van der Waals surface area contributed by atoms with Crippen LogP contribution in [0.5, 0.6) is 0 Å². The van der Waals surface area contributed by atoms with Crippen LogP contribution in [-0.2, 0) is 12.8 Å². The minimum Gasteiger partial charge on any atom is -0.356 e. The Labute approximate surface area is 107 Å². The molecule has 1 aliphatic rings. The molecule has 1 aliphatic carbocycles. The van der Waals surface area contributed by atoms with Gasteiger partial charge in [-0.05, 0) is 66.8 Å². The van der Waals surface area contributed by atoms with Crippen LogP contribution in [-0.4, -0.2) is 0 Å². The Morgan fingerprint density at radius 1 is 0.889 bits per heavy atom. The molecule has 0 spiro atoms. The van der Waals surface area contributed by atoms with Crippen LogP contribution in [0.25, 0.3) is 0 Å². The molecule has 2 aromatic rings. The van der Waals surface area contributed by atoms with E-state index in [4.69, 9.17) is 5.26 Å². The third-order valence-corrected chi connectivity index (χ3v) is 3.40. The molecule has 2 aromatic carbocycles. The van der Waals surface area contributed by atoms with Crippen molar-refractivity contribution in [2.45, 2.75) is 19.3 Å². The summed E-state index contributed by atoms with van der Waals surface area (Å²) in [5, 5.41) is 12.1. The first-order valence-electron chi connectivity index (χ1n) is 6.24. The van der Waals surface area contributed by atoms with Gasteiger partial charge in [-0.3, -0.25) is 0 Å². The standard InChI is InChI=1S/C16H14N2/c17-11-12-4-7-15(8-5-12)18-16-9-6-13-2-1-3-14(13)10-16/h4-10,18H,1-3H2. The van der Waals surface area contributed by atoms with Gasteiger partial charge in [0.05, 0.1) is 11.6 Å². The molecule has 0 radical (unpaired) electrons. The summed E-state index contributed by atoms with van der Waals surface area (Å²) in [5.74, 6) is 0. The molecule has 88 valence electrons. The van der Waals surface area contributed by atoms with Crippen molar-refractivity contribution in [2.24, 2.45) is 0 Å². The fourth-order valence-corrected chi connectivity index (χ4v) is 2.44. The molecule has 0 aromatic heterocycles. The van der Waals surface area contributed by atoms with Gasteiger partial charge in [-0.2, -0.15) is 5.26 Å². The Bertz CT molecular complexity index is 606. The minimum absolute atomic E-state index is 0.689. The number of anilines is 2. The lowest BCUT2D eigenvalue weighted by molar-refractivity contribution is 0.912. The van der Waals surface area contributed by atoms with Crippen molar-refractivity contribution < 1.29 is 0 Å². The molecule has 18 heavy (non-hydrogen) atoms. The molecule has 0 heterocycles. The van der Waals surface area contributed by atoms with Crippen molar-refractivity contribution in [1.82, 2.24) is 0 Å². The first kappa shape index (κ1) is 10.9. The van der Waals surface area contributed by atoms with Gasteiger partial charge in [0.25, 0.3) is 0 Å². The van der Waals surface area contributed by atoms with Crippen LogP contribution in [0.1, 0.15) is 23.1 Å². The fraction of sp³-hybridized carbons (Fsp3) is 0.188. The average Bonchev–Trinajstić information content (AvgIpc) is 2.87. The van der Waals surface area contributed by atoms with E-state index in [2.05, 4.69) is 29.6 Å².